The highest BCUT2D eigenvalue weighted by molar-refractivity contribution is 5.38. The van der Waals surface area contributed by atoms with Gasteiger partial charge >= 0.3 is 0 Å². The van der Waals surface area contributed by atoms with Crippen molar-refractivity contribution in [2.24, 2.45) is 5.92 Å². The summed E-state index contributed by atoms with van der Waals surface area (Å²) in [7, 11) is 0. The number of nitrogen functional groups attached to an aromatic ring is 1. The van der Waals surface area contributed by atoms with Gasteiger partial charge in [-0.05, 0) is 42.9 Å². The van der Waals surface area contributed by atoms with E-state index >= 15 is 0 Å². The number of nitrogens with two attached hydrogens (primary N) is 1. The third-order valence-electron chi connectivity index (χ3n) is 3.17. The van der Waals surface area contributed by atoms with E-state index in [1.165, 1.54) is 24.0 Å². The van der Waals surface area contributed by atoms with Crippen molar-refractivity contribution < 1.29 is 0 Å². The summed E-state index contributed by atoms with van der Waals surface area (Å²) in [6.45, 7) is 0.761. The van der Waals surface area contributed by atoms with Crippen molar-refractivity contribution in [2.45, 2.75) is 25.8 Å². The maximum absolute atomic E-state index is 5.93. The lowest BCUT2D eigenvalue weighted by molar-refractivity contribution is 0.687. The van der Waals surface area contributed by atoms with Crippen LogP contribution < -0.4 is 5.73 Å². The van der Waals surface area contributed by atoms with Crippen molar-refractivity contribution >= 4 is 5.82 Å². The van der Waals surface area contributed by atoms with Crippen molar-refractivity contribution in [1.82, 2.24) is 14.8 Å². The molecule has 2 aromatic heterocycles. The summed E-state index contributed by atoms with van der Waals surface area (Å²) in [5, 5.41) is 4.36. The zero-order valence-electron chi connectivity index (χ0n) is 9.71. The van der Waals surface area contributed by atoms with Gasteiger partial charge in [-0.15, -0.1) is 0 Å². The molecule has 2 heterocycles. The van der Waals surface area contributed by atoms with Crippen LogP contribution >= 0.6 is 0 Å². The number of pyridine rings is 1. The molecule has 0 saturated heterocycles. The summed E-state index contributed by atoms with van der Waals surface area (Å²) in [6.07, 6.45) is 9.45. The number of hydrogen-bond acceptors (Lipinski definition) is 3. The largest absolute Gasteiger partial charge is 0.382 e. The Kier molecular flexibility index (Phi) is 2.55. The number of anilines is 1. The highest BCUT2D eigenvalue weighted by Gasteiger charge is 2.23. The zero-order chi connectivity index (χ0) is 11.7. The molecular formula is C13H16N4. The van der Waals surface area contributed by atoms with Crippen LogP contribution in [0.3, 0.4) is 0 Å². The summed E-state index contributed by atoms with van der Waals surface area (Å²) in [5.41, 5.74) is 8.32. The normalized spacial score (nSPS) is 15.1. The Morgan fingerprint density at radius 3 is 2.76 bits per heavy atom. The van der Waals surface area contributed by atoms with E-state index in [0.717, 1.165) is 18.9 Å². The molecule has 1 saturated carbocycles. The summed E-state index contributed by atoms with van der Waals surface area (Å²) < 4.78 is 1.92. The topological polar surface area (TPSA) is 56.7 Å². The summed E-state index contributed by atoms with van der Waals surface area (Å²) in [5.74, 6) is 1.53. The minimum Gasteiger partial charge on any atom is -0.382 e. The van der Waals surface area contributed by atoms with Crippen molar-refractivity contribution in [3.63, 3.8) is 0 Å². The van der Waals surface area contributed by atoms with Gasteiger partial charge in [-0.1, -0.05) is 0 Å². The Balaban J connectivity index is 1.74. The Morgan fingerprint density at radius 2 is 2.06 bits per heavy atom. The first-order chi connectivity index (χ1) is 8.31. The van der Waals surface area contributed by atoms with Crippen LogP contribution in [-0.2, 0) is 13.0 Å². The van der Waals surface area contributed by atoms with E-state index in [2.05, 4.69) is 16.3 Å². The van der Waals surface area contributed by atoms with Crippen molar-refractivity contribution in [2.75, 3.05) is 5.73 Å². The predicted octanol–water partition coefficient (Wildman–Crippen LogP) is 1.86. The molecule has 2 N–H and O–H groups in total. The molecule has 0 radical (unpaired) electrons. The van der Waals surface area contributed by atoms with Gasteiger partial charge in [-0.3, -0.25) is 9.67 Å². The molecule has 3 rings (SSSR count). The second-order valence-corrected chi connectivity index (χ2v) is 4.74. The second-order valence-electron chi connectivity index (χ2n) is 4.74. The van der Waals surface area contributed by atoms with E-state index in [0.29, 0.717) is 5.82 Å². The van der Waals surface area contributed by atoms with Crippen molar-refractivity contribution in [3.8, 4) is 0 Å². The van der Waals surface area contributed by atoms with Crippen LogP contribution in [0.1, 0.15) is 24.0 Å². The SMILES string of the molecule is Nc1nn(Cc2ccncc2)cc1CC1CC1. The monoisotopic (exact) mass is 228 g/mol. The molecule has 1 aliphatic carbocycles. The van der Waals surface area contributed by atoms with E-state index in [-0.39, 0.29) is 0 Å². The van der Waals surface area contributed by atoms with Crippen LogP contribution in [0.5, 0.6) is 0 Å². The standard InChI is InChI=1S/C13H16N4/c14-13-12(7-10-1-2-10)9-17(16-13)8-11-3-5-15-6-4-11/h3-6,9-10H,1-2,7-8H2,(H2,14,16). The predicted molar refractivity (Wildman–Crippen MR) is 66.4 cm³/mol. The number of aromatic nitrogens is 3. The van der Waals surface area contributed by atoms with Crippen LogP contribution in [0, 0.1) is 5.92 Å². The number of nitrogens with zero attached hydrogens (tertiary/aromatic N) is 3. The molecule has 88 valence electrons. The first kappa shape index (κ1) is 10.3. The minimum absolute atomic E-state index is 0.686. The molecule has 0 atom stereocenters. The molecular weight excluding hydrogens is 212 g/mol. The fourth-order valence-electron chi connectivity index (χ4n) is 2.02. The summed E-state index contributed by atoms with van der Waals surface area (Å²) in [4.78, 5) is 4.00. The van der Waals surface area contributed by atoms with Gasteiger partial charge in [0.25, 0.3) is 0 Å². The highest BCUT2D eigenvalue weighted by atomic mass is 15.3. The van der Waals surface area contributed by atoms with Crippen LogP contribution in [0.15, 0.2) is 30.7 Å². The molecule has 0 aromatic carbocycles. The number of rotatable bonds is 4. The molecule has 0 bridgehead atoms. The molecule has 17 heavy (non-hydrogen) atoms. The first-order valence-electron chi connectivity index (χ1n) is 6.02. The molecule has 1 fully saturated rings. The molecule has 0 unspecified atom stereocenters. The fourth-order valence-corrected chi connectivity index (χ4v) is 2.02. The zero-order valence-corrected chi connectivity index (χ0v) is 9.71. The third-order valence-corrected chi connectivity index (χ3v) is 3.17. The highest BCUT2D eigenvalue weighted by Crippen LogP contribution is 2.33. The van der Waals surface area contributed by atoms with Crippen LogP contribution in [0.25, 0.3) is 0 Å². The fraction of sp³-hybridized carbons (Fsp3) is 0.385. The maximum Gasteiger partial charge on any atom is 0.148 e. The van der Waals surface area contributed by atoms with E-state index in [1.807, 2.05) is 16.8 Å². The number of hydrogen-bond donors (Lipinski definition) is 1. The Bertz CT molecular complexity index is 499. The van der Waals surface area contributed by atoms with E-state index in [4.69, 9.17) is 5.73 Å². The van der Waals surface area contributed by atoms with Gasteiger partial charge in [-0.2, -0.15) is 5.10 Å². The lowest BCUT2D eigenvalue weighted by Crippen LogP contribution is -2.00. The van der Waals surface area contributed by atoms with E-state index in [9.17, 15) is 0 Å². The average molecular weight is 228 g/mol. The molecule has 4 nitrogen and oxygen atoms in total. The summed E-state index contributed by atoms with van der Waals surface area (Å²) in [6, 6.07) is 4.00. The smallest absolute Gasteiger partial charge is 0.148 e. The van der Waals surface area contributed by atoms with Crippen LogP contribution in [0.4, 0.5) is 5.82 Å². The van der Waals surface area contributed by atoms with Crippen LogP contribution in [-0.4, -0.2) is 14.8 Å². The second kappa shape index (κ2) is 4.20. The summed E-state index contributed by atoms with van der Waals surface area (Å²) >= 11 is 0. The molecule has 2 aromatic rings. The van der Waals surface area contributed by atoms with Crippen LogP contribution in [0.2, 0.25) is 0 Å². The molecule has 0 aliphatic heterocycles. The van der Waals surface area contributed by atoms with Crippen molar-refractivity contribution in [1.29, 1.82) is 0 Å². The molecule has 1 aliphatic rings. The van der Waals surface area contributed by atoms with Gasteiger partial charge in [-0.25, -0.2) is 0 Å². The Hall–Kier alpha value is -1.84. The molecule has 0 spiro atoms. The van der Waals surface area contributed by atoms with Gasteiger partial charge in [0.15, 0.2) is 0 Å². The lowest BCUT2D eigenvalue weighted by Gasteiger charge is -2.00. The molecule has 0 amide bonds. The van der Waals surface area contributed by atoms with Gasteiger partial charge in [0, 0.05) is 24.2 Å². The first-order valence-corrected chi connectivity index (χ1v) is 6.02. The maximum atomic E-state index is 5.93. The minimum atomic E-state index is 0.686. The lowest BCUT2D eigenvalue weighted by atomic mass is 10.2. The average Bonchev–Trinajstić information content (AvgIpc) is 3.07. The van der Waals surface area contributed by atoms with E-state index < -0.39 is 0 Å². The van der Waals surface area contributed by atoms with Crippen molar-refractivity contribution in [3.05, 3.63) is 41.9 Å². The Morgan fingerprint density at radius 1 is 1.29 bits per heavy atom. The third kappa shape index (κ3) is 2.46. The van der Waals surface area contributed by atoms with Gasteiger partial charge < -0.3 is 5.73 Å². The van der Waals surface area contributed by atoms with E-state index in [1.54, 1.807) is 12.4 Å². The van der Waals surface area contributed by atoms with Gasteiger partial charge in [0.2, 0.25) is 0 Å². The quantitative estimate of drug-likeness (QED) is 0.869. The molecule has 4 heteroatoms. The van der Waals surface area contributed by atoms with Gasteiger partial charge in [0.1, 0.15) is 5.82 Å². The Labute approximate surface area is 100 Å². The van der Waals surface area contributed by atoms with Gasteiger partial charge in [0.05, 0.1) is 6.54 Å².